The van der Waals surface area contributed by atoms with Gasteiger partial charge in [0.25, 0.3) is 0 Å². The van der Waals surface area contributed by atoms with Crippen LogP contribution in [0.3, 0.4) is 0 Å². The Labute approximate surface area is 180 Å². The van der Waals surface area contributed by atoms with Crippen LogP contribution in [0.15, 0.2) is 60.7 Å². The minimum Gasteiger partial charge on any atom is -0.504 e. The molecule has 0 aromatic heterocycles. The van der Waals surface area contributed by atoms with Crippen LogP contribution in [0.5, 0.6) is 23.0 Å². The molecule has 0 fully saturated rings. The molecular formula is C24H23NO6. The van der Waals surface area contributed by atoms with Crippen LogP contribution < -0.4 is 14.2 Å². The van der Waals surface area contributed by atoms with Crippen molar-refractivity contribution < 1.29 is 24.2 Å². The van der Waals surface area contributed by atoms with E-state index in [1.807, 2.05) is 30.3 Å². The number of nitro groups is 1. The Morgan fingerprint density at radius 3 is 2.00 bits per heavy atom. The SMILES string of the molecule is COc1cc2c(cc1O)[C@H](c1ccc(OC)c(OC)c1)[C@@H]([N+](=O)[O-])[C@@H]2c1ccccc1. The number of nitrogens with zero attached hydrogens (tertiary/aromatic N) is 1. The van der Waals surface area contributed by atoms with Gasteiger partial charge >= 0.3 is 0 Å². The molecule has 0 spiro atoms. The second-order valence-corrected chi connectivity index (χ2v) is 7.41. The number of hydrogen-bond acceptors (Lipinski definition) is 6. The molecule has 3 atom stereocenters. The number of fused-ring (bicyclic) bond motifs is 1. The Morgan fingerprint density at radius 2 is 1.39 bits per heavy atom. The highest BCUT2D eigenvalue weighted by atomic mass is 16.6. The van der Waals surface area contributed by atoms with Gasteiger partial charge in [-0.3, -0.25) is 10.1 Å². The first-order valence-corrected chi connectivity index (χ1v) is 9.81. The molecule has 0 bridgehead atoms. The molecule has 0 radical (unpaired) electrons. The summed E-state index contributed by atoms with van der Waals surface area (Å²) >= 11 is 0. The highest BCUT2D eigenvalue weighted by Crippen LogP contribution is 2.53. The number of rotatable bonds is 6. The zero-order chi connectivity index (χ0) is 22.1. The van der Waals surface area contributed by atoms with Crippen LogP contribution in [0, 0.1) is 10.1 Å². The monoisotopic (exact) mass is 421 g/mol. The van der Waals surface area contributed by atoms with Crippen molar-refractivity contribution in [1.29, 1.82) is 0 Å². The van der Waals surface area contributed by atoms with Crippen LogP contribution in [0.1, 0.15) is 34.1 Å². The number of hydrogen-bond donors (Lipinski definition) is 1. The van der Waals surface area contributed by atoms with Gasteiger partial charge < -0.3 is 19.3 Å². The fourth-order valence-corrected chi connectivity index (χ4v) is 4.57. The number of ether oxygens (including phenoxy) is 3. The van der Waals surface area contributed by atoms with Gasteiger partial charge in [0.2, 0.25) is 6.04 Å². The van der Waals surface area contributed by atoms with E-state index in [-0.39, 0.29) is 16.4 Å². The molecule has 0 saturated carbocycles. The van der Waals surface area contributed by atoms with E-state index in [0.29, 0.717) is 22.6 Å². The van der Waals surface area contributed by atoms with Crippen LogP contribution in [0.4, 0.5) is 0 Å². The van der Waals surface area contributed by atoms with Crippen LogP contribution >= 0.6 is 0 Å². The fraction of sp³-hybridized carbons (Fsp3) is 0.250. The van der Waals surface area contributed by atoms with Crippen molar-refractivity contribution in [3.05, 3.63) is 93.0 Å². The van der Waals surface area contributed by atoms with Gasteiger partial charge in [-0.25, -0.2) is 0 Å². The number of benzene rings is 3. The van der Waals surface area contributed by atoms with Crippen molar-refractivity contribution in [3.63, 3.8) is 0 Å². The van der Waals surface area contributed by atoms with Gasteiger partial charge in [-0.2, -0.15) is 0 Å². The largest absolute Gasteiger partial charge is 0.504 e. The van der Waals surface area contributed by atoms with Gasteiger partial charge in [0.05, 0.1) is 33.2 Å². The van der Waals surface area contributed by atoms with Crippen molar-refractivity contribution >= 4 is 0 Å². The Hall–Kier alpha value is -3.74. The molecule has 1 aliphatic rings. The van der Waals surface area contributed by atoms with Crippen LogP contribution in [-0.2, 0) is 0 Å². The first-order chi connectivity index (χ1) is 15.0. The predicted molar refractivity (Wildman–Crippen MR) is 115 cm³/mol. The summed E-state index contributed by atoms with van der Waals surface area (Å²) in [6, 6.07) is 17.0. The Kier molecular flexibility index (Phi) is 5.42. The van der Waals surface area contributed by atoms with E-state index in [1.165, 1.54) is 21.3 Å². The Morgan fingerprint density at radius 1 is 0.774 bits per heavy atom. The molecule has 4 rings (SSSR count). The van der Waals surface area contributed by atoms with Crippen molar-refractivity contribution in [3.8, 4) is 23.0 Å². The molecule has 7 nitrogen and oxygen atoms in total. The second kappa shape index (κ2) is 8.18. The maximum atomic E-state index is 12.4. The van der Waals surface area contributed by atoms with E-state index in [0.717, 1.165) is 11.1 Å². The molecule has 1 N–H and O–H groups in total. The molecule has 7 heteroatoms. The number of methoxy groups -OCH3 is 3. The minimum absolute atomic E-state index is 0.0532. The maximum absolute atomic E-state index is 12.4. The van der Waals surface area contributed by atoms with Gasteiger partial charge in [0, 0.05) is 4.92 Å². The van der Waals surface area contributed by atoms with E-state index in [1.54, 1.807) is 30.3 Å². The van der Waals surface area contributed by atoms with Gasteiger partial charge in [0.1, 0.15) is 0 Å². The lowest BCUT2D eigenvalue weighted by atomic mass is 9.85. The van der Waals surface area contributed by atoms with Gasteiger partial charge in [-0.15, -0.1) is 0 Å². The molecule has 31 heavy (non-hydrogen) atoms. The number of aromatic hydroxyl groups is 1. The first-order valence-electron chi connectivity index (χ1n) is 9.81. The lowest BCUT2D eigenvalue weighted by Crippen LogP contribution is -2.29. The van der Waals surface area contributed by atoms with Crippen molar-refractivity contribution in [1.82, 2.24) is 0 Å². The zero-order valence-corrected chi connectivity index (χ0v) is 17.4. The van der Waals surface area contributed by atoms with E-state index in [4.69, 9.17) is 14.2 Å². The molecule has 0 heterocycles. The molecule has 3 aromatic rings. The lowest BCUT2D eigenvalue weighted by Gasteiger charge is -2.20. The topological polar surface area (TPSA) is 91.1 Å². The van der Waals surface area contributed by atoms with Crippen LogP contribution in [-0.4, -0.2) is 37.4 Å². The average Bonchev–Trinajstić information content (AvgIpc) is 3.12. The smallest absolute Gasteiger partial charge is 0.234 e. The highest BCUT2D eigenvalue weighted by Gasteiger charge is 2.50. The first kappa shape index (κ1) is 20.5. The quantitative estimate of drug-likeness (QED) is 0.470. The van der Waals surface area contributed by atoms with E-state index >= 15 is 0 Å². The lowest BCUT2D eigenvalue weighted by molar-refractivity contribution is -0.525. The molecule has 160 valence electrons. The Balaban J connectivity index is 1.97. The predicted octanol–water partition coefficient (Wildman–Crippen LogP) is 4.34. The summed E-state index contributed by atoms with van der Waals surface area (Å²) in [7, 11) is 4.53. The third kappa shape index (κ3) is 3.42. The van der Waals surface area contributed by atoms with Crippen molar-refractivity contribution in [2.24, 2.45) is 0 Å². The third-order valence-electron chi connectivity index (χ3n) is 5.91. The van der Waals surface area contributed by atoms with E-state index in [2.05, 4.69) is 0 Å². The second-order valence-electron chi connectivity index (χ2n) is 7.41. The molecule has 1 aliphatic carbocycles. The third-order valence-corrected chi connectivity index (χ3v) is 5.91. The number of phenolic OH excluding ortho intramolecular Hbond substituents is 1. The minimum atomic E-state index is -0.970. The van der Waals surface area contributed by atoms with Crippen molar-refractivity contribution in [2.45, 2.75) is 17.9 Å². The summed E-state index contributed by atoms with van der Waals surface area (Å²) < 4.78 is 16.1. The van der Waals surface area contributed by atoms with Crippen molar-refractivity contribution in [2.75, 3.05) is 21.3 Å². The summed E-state index contributed by atoms with van der Waals surface area (Å²) in [4.78, 5) is 12.2. The summed E-state index contributed by atoms with van der Waals surface area (Å²) in [6.45, 7) is 0. The molecular weight excluding hydrogens is 398 g/mol. The summed E-state index contributed by atoms with van der Waals surface area (Å²) in [5.74, 6) is 0.173. The van der Waals surface area contributed by atoms with Crippen LogP contribution in [0.25, 0.3) is 0 Å². The van der Waals surface area contributed by atoms with Gasteiger partial charge in [0.15, 0.2) is 23.0 Å². The van der Waals surface area contributed by atoms with Gasteiger partial charge in [-0.1, -0.05) is 36.4 Å². The highest BCUT2D eigenvalue weighted by molar-refractivity contribution is 5.59. The standard InChI is InChI=1S/C24H23NO6/c1-29-19-10-9-15(11-21(19)31-3)23-16-12-18(26)20(30-2)13-17(16)22(24(23)25(27)28)14-7-5-4-6-8-14/h4-13,22-24,26H,1-3H3/t22-,23+,24+/m1/s1. The number of phenols is 1. The summed E-state index contributed by atoms with van der Waals surface area (Å²) in [5, 5.41) is 22.9. The fourth-order valence-electron chi connectivity index (χ4n) is 4.57. The summed E-state index contributed by atoms with van der Waals surface area (Å²) in [5.41, 5.74) is 3.01. The normalized spacial score (nSPS) is 19.5. The molecule has 0 saturated heterocycles. The van der Waals surface area contributed by atoms with E-state index < -0.39 is 17.9 Å². The average molecular weight is 421 g/mol. The van der Waals surface area contributed by atoms with E-state index in [9.17, 15) is 15.2 Å². The molecule has 0 amide bonds. The van der Waals surface area contributed by atoms with Crippen LogP contribution in [0.2, 0.25) is 0 Å². The maximum Gasteiger partial charge on any atom is 0.234 e. The molecule has 0 aliphatic heterocycles. The Bertz CT molecular complexity index is 1110. The molecule has 0 unspecified atom stereocenters. The summed E-state index contributed by atoms with van der Waals surface area (Å²) in [6.07, 6.45) is 0. The molecule has 3 aromatic carbocycles. The van der Waals surface area contributed by atoms with Gasteiger partial charge in [-0.05, 0) is 46.5 Å². The zero-order valence-electron chi connectivity index (χ0n) is 17.4.